The number of aromatic nitrogens is 2. The van der Waals surface area contributed by atoms with Crippen LogP contribution >= 0.6 is 0 Å². The van der Waals surface area contributed by atoms with Gasteiger partial charge >= 0.3 is 0 Å². The molecule has 68 valence electrons. The van der Waals surface area contributed by atoms with Crippen LogP contribution in [0.5, 0.6) is 0 Å². The Labute approximate surface area is 77.6 Å². The summed E-state index contributed by atoms with van der Waals surface area (Å²) in [6, 6.07) is 3.61. The summed E-state index contributed by atoms with van der Waals surface area (Å²) in [5.74, 6) is 0.482. The van der Waals surface area contributed by atoms with Crippen LogP contribution in [-0.2, 0) is 5.41 Å². The molecule has 0 aromatic carbocycles. The monoisotopic (exact) mass is 176 g/mol. The summed E-state index contributed by atoms with van der Waals surface area (Å²) in [5.41, 5.74) is 0.911. The lowest BCUT2D eigenvalue weighted by atomic mass is 9.92. The second-order valence-corrected chi connectivity index (χ2v) is 3.79. The first-order valence-corrected chi connectivity index (χ1v) is 4.03. The fourth-order valence-electron chi connectivity index (χ4n) is 0.856. The van der Waals surface area contributed by atoms with Crippen molar-refractivity contribution < 1.29 is 0 Å². The highest BCUT2D eigenvalue weighted by Gasteiger charge is 2.15. The van der Waals surface area contributed by atoms with Crippen molar-refractivity contribution in [2.24, 2.45) is 0 Å². The molecule has 0 fully saturated rings. The van der Waals surface area contributed by atoms with E-state index in [9.17, 15) is 0 Å². The Balaban J connectivity index is 2.89. The third-order valence-electron chi connectivity index (χ3n) is 1.62. The molecule has 0 bridgehead atoms. The van der Waals surface area contributed by atoms with Gasteiger partial charge in [-0.2, -0.15) is 10.4 Å². The molecule has 0 amide bonds. The van der Waals surface area contributed by atoms with Crippen LogP contribution in [0.1, 0.15) is 26.5 Å². The molecule has 0 aliphatic heterocycles. The maximum absolute atomic E-state index is 8.32. The third-order valence-corrected chi connectivity index (χ3v) is 1.62. The van der Waals surface area contributed by atoms with E-state index in [0.29, 0.717) is 5.82 Å². The standard InChI is InChI=1S/C9H12N4/c1-9(2,3)7-4-5-8(11-6-10)13-12-7/h4-5H,1-3H3,(H,11,13). The highest BCUT2D eigenvalue weighted by molar-refractivity contribution is 5.37. The number of nitriles is 1. The topological polar surface area (TPSA) is 61.6 Å². The van der Waals surface area contributed by atoms with Crippen molar-refractivity contribution >= 4 is 5.82 Å². The van der Waals surface area contributed by atoms with Crippen molar-refractivity contribution in [2.45, 2.75) is 26.2 Å². The number of nitrogens with one attached hydrogen (secondary N) is 1. The molecule has 0 saturated carbocycles. The van der Waals surface area contributed by atoms with Gasteiger partial charge in [-0.1, -0.05) is 20.8 Å². The fourth-order valence-corrected chi connectivity index (χ4v) is 0.856. The Morgan fingerprint density at radius 2 is 2.00 bits per heavy atom. The van der Waals surface area contributed by atoms with Crippen LogP contribution in [0.3, 0.4) is 0 Å². The Morgan fingerprint density at radius 1 is 1.31 bits per heavy atom. The second kappa shape index (κ2) is 3.40. The van der Waals surface area contributed by atoms with Crippen molar-refractivity contribution in [1.29, 1.82) is 5.26 Å². The van der Waals surface area contributed by atoms with Crippen LogP contribution in [0.2, 0.25) is 0 Å². The molecule has 0 aliphatic carbocycles. The lowest BCUT2D eigenvalue weighted by Gasteiger charge is -2.16. The maximum atomic E-state index is 8.32. The van der Waals surface area contributed by atoms with E-state index in [4.69, 9.17) is 5.26 Å². The van der Waals surface area contributed by atoms with Gasteiger partial charge in [0.1, 0.15) is 0 Å². The molecular weight excluding hydrogens is 164 g/mol. The molecule has 1 aromatic heterocycles. The van der Waals surface area contributed by atoms with E-state index in [1.807, 2.05) is 6.07 Å². The zero-order valence-corrected chi connectivity index (χ0v) is 8.00. The van der Waals surface area contributed by atoms with Crippen LogP contribution in [0, 0.1) is 11.5 Å². The van der Waals surface area contributed by atoms with Gasteiger partial charge in [-0.15, -0.1) is 5.10 Å². The summed E-state index contributed by atoms with van der Waals surface area (Å²) < 4.78 is 0. The number of hydrogen-bond donors (Lipinski definition) is 1. The molecule has 0 unspecified atom stereocenters. The van der Waals surface area contributed by atoms with Gasteiger partial charge in [0.05, 0.1) is 5.69 Å². The summed E-state index contributed by atoms with van der Waals surface area (Å²) in [6.07, 6.45) is 1.79. The SMILES string of the molecule is CC(C)(C)c1ccc(NC#N)nn1. The molecule has 0 saturated heterocycles. The first kappa shape index (κ1) is 9.46. The van der Waals surface area contributed by atoms with Crippen molar-refractivity contribution in [1.82, 2.24) is 10.2 Å². The molecule has 0 atom stereocenters. The minimum absolute atomic E-state index is 0.00181. The summed E-state index contributed by atoms with van der Waals surface area (Å²) in [5, 5.41) is 18.6. The fraction of sp³-hybridized carbons (Fsp3) is 0.444. The Bertz CT molecular complexity index is 315. The summed E-state index contributed by atoms with van der Waals surface area (Å²) in [4.78, 5) is 0. The highest BCUT2D eigenvalue weighted by atomic mass is 15.2. The van der Waals surface area contributed by atoms with Crippen molar-refractivity contribution in [3.05, 3.63) is 17.8 Å². The average Bonchev–Trinajstić information content (AvgIpc) is 2.04. The average molecular weight is 176 g/mol. The Morgan fingerprint density at radius 3 is 2.38 bits per heavy atom. The summed E-state index contributed by atoms with van der Waals surface area (Å²) in [7, 11) is 0. The molecule has 4 nitrogen and oxygen atoms in total. The van der Waals surface area contributed by atoms with Gasteiger partial charge in [0.15, 0.2) is 12.0 Å². The van der Waals surface area contributed by atoms with Crippen molar-refractivity contribution in [3.8, 4) is 6.19 Å². The van der Waals surface area contributed by atoms with E-state index in [0.717, 1.165) is 5.69 Å². The van der Waals surface area contributed by atoms with E-state index in [2.05, 4.69) is 36.3 Å². The third kappa shape index (κ3) is 2.41. The van der Waals surface area contributed by atoms with Gasteiger partial charge in [-0.3, -0.25) is 5.32 Å². The zero-order chi connectivity index (χ0) is 9.90. The first-order chi connectivity index (χ1) is 6.04. The van der Waals surface area contributed by atoms with Gasteiger partial charge in [-0.25, -0.2) is 0 Å². The minimum atomic E-state index is -0.00181. The molecule has 13 heavy (non-hydrogen) atoms. The van der Waals surface area contributed by atoms with Crippen LogP contribution in [-0.4, -0.2) is 10.2 Å². The first-order valence-electron chi connectivity index (χ1n) is 4.03. The molecule has 1 rings (SSSR count). The van der Waals surface area contributed by atoms with E-state index in [1.165, 1.54) is 0 Å². The highest BCUT2D eigenvalue weighted by Crippen LogP contribution is 2.19. The van der Waals surface area contributed by atoms with Gasteiger partial charge in [0.2, 0.25) is 0 Å². The quantitative estimate of drug-likeness (QED) is 0.522. The molecule has 4 heteroatoms. The molecule has 0 aliphatic rings. The summed E-state index contributed by atoms with van der Waals surface area (Å²) >= 11 is 0. The Hall–Kier alpha value is -1.63. The van der Waals surface area contributed by atoms with E-state index in [-0.39, 0.29) is 5.41 Å². The van der Waals surface area contributed by atoms with Gasteiger partial charge in [-0.05, 0) is 12.1 Å². The van der Waals surface area contributed by atoms with Crippen molar-refractivity contribution in [3.63, 3.8) is 0 Å². The Kier molecular flexibility index (Phi) is 2.47. The smallest absolute Gasteiger partial charge is 0.182 e. The number of nitrogens with zero attached hydrogens (tertiary/aromatic N) is 3. The van der Waals surface area contributed by atoms with Crippen LogP contribution in [0.4, 0.5) is 5.82 Å². The van der Waals surface area contributed by atoms with Crippen LogP contribution < -0.4 is 5.32 Å². The van der Waals surface area contributed by atoms with Gasteiger partial charge in [0.25, 0.3) is 0 Å². The minimum Gasteiger partial charge on any atom is -0.275 e. The predicted molar refractivity (Wildman–Crippen MR) is 50.0 cm³/mol. The number of anilines is 1. The van der Waals surface area contributed by atoms with Gasteiger partial charge in [0, 0.05) is 5.41 Å². The van der Waals surface area contributed by atoms with Crippen LogP contribution in [0.15, 0.2) is 12.1 Å². The van der Waals surface area contributed by atoms with E-state index >= 15 is 0 Å². The molecule has 1 N–H and O–H groups in total. The molecular formula is C9H12N4. The van der Waals surface area contributed by atoms with E-state index < -0.39 is 0 Å². The zero-order valence-electron chi connectivity index (χ0n) is 8.00. The summed E-state index contributed by atoms with van der Waals surface area (Å²) in [6.45, 7) is 6.19. The maximum Gasteiger partial charge on any atom is 0.182 e. The van der Waals surface area contributed by atoms with E-state index in [1.54, 1.807) is 12.3 Å². The predicted octanol–water partition coefficient (Wildman–Crippen LogP) is 1.67. The van der Waals surface area contributed by atoms with Crippen molar-refractivity contribution in [2.75, 3.05) is 5.32 Å². The number of hydrogen-bond acceptors (Lipinski definition) is 4. The lowest BCUT2D eigenvalue weighted by Crippen LogP contribution is -2.14. The van der Waals surface area contributed by atoms with Crippen LogP contribution in [0.25, 0.3) is 0 Å². The lowest BCUT2D eigenvalue weighted by molar-refractivity contribution is 0.559. The molecule has 0 radical (unpaired) electrons. The molecule has 0 spiro atoms. The second-order valence-electron chi connectivity index (χ2n) is 3.79. The largest absolute Gasteiger partial charge is 0.275 e. The molecule has 1 heterocycles. The number of rotatable bonds is 1. The van der Waals surface area contributed by atoms with Gasteiger partial charge < -0.3 is 0 Å². The molecule has 1 aromatic rings. The normalized spacial score (nSPS) is 10.6.